The van der Waals surface area contributed by atoms with Gasteiger partial charge in [0.15, 0.2) is 0 Å². The summed E-state index contributed by atoms with van der Waals surface area (Å²) in [6, 6.07) is 9.35. The smallest absolute Gasteiger partial charge is 0.265 e. The second-order valence-corrected chi connectivity index (χ2v) is 6.45. The highest BCUT2D eigenvalue weighted by Gasteiger charge is 2.35. The largest absolute Gasteiger partial charge is 0.387 e. The maximum Gasteiger partial charge on any atom is 0.265 e. The summed E-state index contributed by atoms with van der Waals surface area (Å²) in [7, 11) is 0. The molecular formula is C17H15FN2O2S. The van der Waals surface area contributed by atoms with Gasteiger partial charge >= 0.3 is 0 Å². The average molecular weight is 330 g/mol. The Labute approximate surface area is 137 Å². The zero-order chi connectivity index (χ0) is 16.4. The molecule has 1 saturated carbocycles. The molecule has 0 radical (unpaired) electrons. The summed E-state index contributed by atoms with van der Waals surface area (Å²) in [5, 5.41) is 21.1. The molecule has 3 rings (SSSR count). The van der Waals surface area contributed by atoms with Crippen molar-refractivity contribution >= 4 is 17.2 Å². The second kappa shape index (κ2) is 6.49. The van der Waals surface area contributed by atoms with E-state index in [9.17, 15) is 14.3 Å². The van der Waals surface area contributed by atoms with E-state index in [1.54, 1.807) is 16.3 Å². The number of benzene rings is 1. The van der Waals surface area contributed by atoms with Crippen molar-refractivity contribution in [2.24, 2.45) is 0 Å². The Morgan fingerprint density at radius 1 is 1.39 bits per heavy atom. The molecule has 118 valence electrons. The molecule has 1 aliphatic carbocycles. The van der Waals surface area contributed by atoms with Gasteiger partial charge in [-0.1, -0.05) is 12.1 Å². The van der Waals surface area contributed by atoms with Gasteiger partial charge in [-0.15, -0.1) is 11.3 Å². The van der Waals surface area contributed by atoms with E-state index in [0.717, 1.165) is 12.8 Å². The van der Waals surface area contributed by atoms with Crippen LogP contribution in [0.1, 0.15) is 39.7 Å². The lowest BCUT2D eigenvalue weighted by Crippen LogP contribution is -2.36. The summed E-state index contributed by atoms with van der Waals surface area (Å²) in [4.78, 5) is 14.7. The number of rotatable bonds is 5. The molecule has 1 atom stereocenters. The SMILES string of the molecule is N#Cc1ccsc1C(=O)N(CC(O)c1ccc(F)cc1)C1CC1. The molecular weight excluding hydrogens is 315 g/mol. The van der Waals surface area contributed by atoms with E-state index in [-0.39, 0.29) is 24.3 Å². The standard InChI is InChI=1S/C17H15FN2O2S/c18-13-3-1-11(2-4-13)15(21)10-20(14-5-6-14)17(22)16-12(9-19)7-8-23-16/h1-4,7-8,14-15,21H,5-6,10H2. The van der Waals surface area contributed by atoms with Crippen LogP contribution in [-0.4, -0.2) is 28.5 Å². The molecule has 1 N–H and O–H groups in total. The third kappa shape index (κ3) is 3.41. The lowest BCUT2D eigenvalue weighted by Gasteiger charge is -2.25. The first kappa shape index (κ1) is 15.7. The Hall–Kier alpha value is -2.23. The summed E-state index contributed by atoms with van der Waals surface area (Å²) in [5.74, 6) is -0.589. The summed E-state index contributed by atoms with van der Waals surface area (Å²) in [5.41, 5.74) is 0.929. The predicted octanol–water partition coefficient (Wildman–Crippen LogP) is 3.10. The molecule has 0 bridgehead atoms. The van der Waals surface area contributed by atoms with Gasteiger partial charge in [0.05, 0.1) is 18.2 Å². The van der Waals surface area contributed by atoms with Gasteiger partial charge in [0.1, 0.15) is 16.8 Å². The monoisotopic (exact) mass is 330 g/mol. The summed E-state index contributed by atoms with van der Waals surface area (Å²) in [6.07, 6.45) is 0.912. The van der Waals surface area contributed by atoms with Crippen molar-refractivity contribution in [3.05, 3.63) is 57.5 Å². The molecule has 1 fully saturated rings. The van der Waals surface area contributed by atoms with Crippen LogP contribution in [0, 0.1) is 17.1 Å². The van der Waals surface area contributed by atoms with Crippen LogP contribution in [0.3, 0.4) is 0 Å². The number of halogens is 1. The fraction of sp³-hybridized carbons (Fsp3) is 0.294. The minimum absolute atomic E-state index is 0.103. The van der Waals surface area contributed by atoms with Gasteiger partial charge in [-0.3, -0.25) is 4.79 Å². The molecule has 6 heteroatoms. The first-order valence-electron chi connectivity index (χ1n) is 7.32. The highest BCUT2D eigenvalue weighted by molar-refractivity contribution is 7.12. The fourth-order valence-corrected chi connectivity index (χ4v) is 3.25. The Balaban J connectivity index is 1.78. The van der Waals surface area contributed by atoms with Gasteiger partial charge in [0, 0.05) is 6.04 Å². The van der Waals surface area contributed by atoms with E-state index in [1.165, 1.54) is 35.6 Å². The number of carbonyl (C=O) groups excluding carboxylic acids is 1. The third-order valence-corrected chi connectivity index (χ3v) is 4.76. The van der Waals surface area contributed by atoms with Crippen LogP contribution in [0.15, 0.2) is 35.7 Å². The predicted molar refractivity (Wildman–Crippen MR) is 84.5 cm³/mol. The molecule has 1 aromatic carbocycles. The number of aliphatic hydroxyl groups excluding tert-OH is 1. The lowest BCUT2D eigenvalue weighted by atomic mass is 10.1. The molecule has 1 aromatic heterocycles. The van der Waals surface area contributed by atoms with Crippen LogP contribution in [0.5, 0.6) is 0 Å². The number of amides is 1. The molecule has 0 spiro atoms. The van der Waals surface area contributed by atoms with Crippen molar-refractivity contribution in [3.8, 4) is 6.07 Å². The van der Waals surface area contributed by atoms with Crippen molar-refractivity contribution in [1.82, 2.24) is 4.90 Å². The number of carbonyl (C=O) groups is 1. The second-order valence-electron chi connectivity index (χ2n) is 5.53. The zero-order valence-electron chi connectivity index (χ0n) is 12.3. The fourth-order valence-electron chi connectivity index (χ4n) is 2.45. The first-order valence-corrected chi connectivity index (χ1v) is 8.20. The van der Waals surface area contributed by atoms with Gasteiger partial charge in [-0.25, -0.2) is 4.39 Å². The van der Waals surface area contributed by atoms with Crippen LogP contribution in [0.4, 0.5) is 4.39 Å². The quantitative estimate of drug-likeness (QED) is 0.916. The lowest BCUT2D eigenvalue weighted by molar-refractivity contribution is 0.0607. The van der Waals surface area contributed by atoms with Gasteiger partial charge in [-0.2, -0.15) is 5.26 Å². The maximum absolute atomic E-state index is 13.0. The summed E-state index contributed by atoms with van der Waals surface area (Å²) >= 11 is 1.24. The van der Waals surface area contributed by atoms with Crippen molar-refractivity contribution < 1.29 is 14.3 Å². The molecule has 1 unspecified atom stereocenters. The normalized spacial score (nSPS) is 15.0. The van der Waals surface area contributed by atoms with Crippen molar-refractivity contribution in [3.63, 3.8) is 0 Å². The molecule has 1 aliphatic rings. The number of thiophene rings is 1. The molecule has 0 saturated heterocycles. The van der Waals surface area contributed by atoms with E-state index in [0.29, 0.717) is 16.0 Å². The first-order chi connectivity index (χ1) is 11.1. The summed E-state index contributed by atoms with van der Waals surface area (Å²) < 4.78 is 13.0. The van der Waals surface area contributed by atoms with Crippen molar-refractivity contribution in [2.75, 3.05) is 6.54 Å². The topological polar surface area (TPSA) is 64.3 Å². The third-order valence-electron chi connectivity index (χ3n) is 3.85. The van der Waals surface area contributed by atoms with Gasteiger partial charge in [-0.05, 0) is 42.0 Å². The Morgan fingerprint density at radius 2 is 2.09 bits per heavy atom. The van der Waals surface area contributed by atoms with Gasteiger partial charge in [0.25, 0.3) is 5.91 Å². The van der Waals surface area contributed by atoms with E-state index in [2.05, 4.69) is 0 Å². The number of aliphatic hydroxyl groups is 1. The Bertz CT molecular complexity index is 747. The van der Waals surface area contributed by atoms with Crippen LogP contribution in [0.2, 0.25) is 0 Å². The Kier molecular flexibility index (Phi) is 4.42. The minimum atomic E-state index is -0.884. The van der Waals surface area contributed by atoms with E-state index in [4.69, 9.17) is 5.26 Å². The Morgan fingerprint density at radius 3 is 2.70 bits per heavy atom. The van der Waals surface area contributed by atoms with Crippen LogP contribution < -0.4 is 0 Å². The number of nitrogens with zero attached hydrogens (tertiary/aromatic N) is 2. The molecule has 1 amide bonds. The maximum atomic E-state index is 13.0. The average Bonchev–Trinajstić information content (AvgIpc) is 3.28. The van der Waals surface area contributed by atoms with Crippen LogP contribution in [0.25, 0.3) is 0 Å². The molecule has 4 nitrogen and oxygen atoms in total. The van der Waals surface area contributed by atoms with Crippen molar-refractivity contribution in [2.45, 2.75) is 25.0 Å². The number of hydrogen-bond donors (Lipinski definition) is 1. The van der Waals surface area contributed by atoms with Crippen LogP contribution >= 0.6 is 11.3 Å². The highest BCUT2D eigenvalue weighted by atomic mass is 32.1. The molecule has 2 aromatic rings. The minimum Gasteiger partial charge on any atom is -0.387 e. The number of hydrogen-bond acceptors (Lipinski definition) is 4. The molecule has 1 heterocycles. The zero-order valence-corrected chi connectivity index (χ0v) is 13.1. The van der Waals surface area contributed by atoms with Gasteiger partial charge in [0.2, 0.25) is 0 Å². The van der Waals surface area contributed by atoms with E-state index in [1.807, 2.05) is 6.07 Å². The van der Waals surface area contributed by atoms with Crippen LogP contribution in [-0.2, 0) is 0 Å². The summed E-state index contributed by atoms with van der Waals surface area (Å²) in [6.45, 7) is 0.137. The van der Waals surface area contributed by atoms with E-state index >= 15 is 0 Å². The number of nitriles is 1. The molecule has 0 aliphatic heterocycles. The van der Waals surface area contributed by atoms with E-state index < -0.39 is 6.10 Å². The van der Waals surface area contributed by atoms with Crippen molar-refractivity contribution in [1.29, 1.82) is 5.26 Å². The molecule has 23 heavy (non-hydrogen) atoms. The highest BCUT2D eigenvalue weighted by Crippen LogP contribution is 2.32. The van der Waals surface area contributed by atoms with Gasteiger partial charge < -0.3 is 10.0 Å².